The van der Waals surface area contributed by atoms with Gasteiger partial charge in [-0.2, -0.15) is 0 Å². The molecule has 1 amide bonds. The van der Waals surface area contributed by atoms with Crippen molar-refractivity contribution in [2.24, 2.45) is 5.73 Å². The number of carbonyl (C=O) groups excluding carboxylic acids is 1. The van der Waals surface area contributed by atoms with Gasteiger partial charge < -0.3 is 31.3 Å². The third kappa shape index (κ3) is 4.74. The molecular weight excluding hydrogens is 279 g/mol. The summed E-state index contributed by atoms with van der Waals surface area (Å²) in [6.45, 7) is 0.111. The van der Waals surface area contributed by atoms with E-state index in [9.17, 15) is 24.7 Å². The zero-order valence-electron chi connectivity index (χ0n) is 11.2. The molecule has 0 radical (unpaired) electrons. The number of phenols is 1. The standard InChI is InChI=1S/C12H17BN2O6/c14-5-4-10(16)15-9(13(20)21)6-7-2-1-3-8(11(7)17)12(18)19/h1-3,9,17,20-21H,4-6,14H2,(H,15,16)(H,18,19)/t9-/m0/s1. The minimum atomic E-state index is -1.86. The van der Waals surface area contributed by atoms with E-state index in [1.54, 1.807) is 0 Å². The summed E-state index contributed by atoms with van der Waals surface area (Å²) < 4.78 is 0. The molecule has 9 heteroatoms. The van der Waals surface area contributed by atoms with Crippen molar-refractivity contribution in [3.8, 4) is 5.75 Å². The number of hydrogen-bond acceptors (Lipinski definition) is 6. The van der Waals surface area contributed by atoms with Crippen LogP contribution in [-0.4, -0.2) is 51.7 Å². The van der Waals surface area contributed by atoms with Crippen molar-refractivity contribution in [1.29, 1.82) is 0 Å². The number of aromatic carboxylic acids is 1. The molecule has 7 N–H and O–H groups in total. The Morgan fingerprint density at radius 2 is 2.00 bits per heavy atom. The first kappa shape index (κ1) is 17.0. The summed E-state index contributed by atoms with van der Waals surface area (Å²) in [6.07, 6.45) is -0.120. The Labute approximate surface area is 121 Å². The number of rotatable bonds is 7. The minimum Gasteiger partial charge on any atom is -0.507 e. The maximum absolute atomic E-state index is 11.4. The van der Waals surface area contributed by atoms with Gasteiger partial charge in [-0.25, -0.2) is 4.79 Å². The van der Waals surface area contributed by atoms with E-state index in [4.69, 9.17) is 10.8 Å². The fraction of sp³-hybridized carbons (Fsp3) is 0.333. The number of carbonyl (C=O) groups is 2. The van der Waals surface area contributed by atoms with Crippen molar-refractivity contribution in [1.82, 2.24) is 5.32 Å². The summed E-state index contributed by atoms with van der Waals surface area (Å²) in [5.41, 5.74) is 5.10. The lowest BCUT2D eigenvalue weighted by Crippen LogP contribution is -2.48. The van der Waals surface area contributed by atoms with Gasteiger partial charge in [0.15, 0.2) is 0 Å². The van der Waals surface area contributed by atoms with E-state index in [-0.39, 0.29) is 30.5 Å². The van der Waals surface area contributed by atoms with Crippen molar-refractivity contribution in [3.05, 3.63) is 29.3 Å². The maximum Gasteiger partial charge on any atom is 0.475 e. The molecule has 0 saturated carbocycles. The van der Waals surface area contributed by atoms with E-state index in [2.05, 4.69) is 5.32 Å². The molecule has 0 fully saturated rings. The number of hydrogen-bond donors (Lipinski definition) is 6. The van der Waals surface area contributed by atoms with E-state index in [1.165, 1.54) is 18.2 Å². The quantitative estimate of drug-likeness (QED) is 0.334. The van der Waals surface area contributed by atoms with Gasteiger partial charge in [0.05, 0.1) is 5.94 Å². The van der Waals surface area contributed by atoms with Crippen LogP contribution >= 0.6 is 0 Å². The molecular formula is C12H17BN2O6. The minimum absolute atomic E-state index is 0.0182. The highest BCUT2D eigenvalue weighted by Crippen LogP contribution is 2.23. The number of aromatic hydroxyl groups is 1. The Kier molecular flexibility index (Phi) is 6.16. The molecule has 21 heavy (non-hydrogen) atoms. The van der Waals surface area contributed by atoms with E-state index in [0.29, 0.717) is 0 Å². The van der Waals surface area contributed by atoms with Crippen LogP contribution in [0.5, 0.6) is 5.75 Å². The molecule has 0 aliphatic carbocycles. The second-order valence-corrected chi connectivity index (χ2v) is 4.45. The average molecular weight is 296 g/mol. The topological polar surface area (TPSA) is 153 Å². The summed E-state index contributed by atoms with van der Waals surface area (Å²) in [5, 5.41) is 39.7. The number of carboxylic acids is 1. The van der Waals surface area contributed by atoms with Crippen molar-refractivity contribution < 1.29 is 29.9 Å². The Balaban J connectivity index is 2.92. The molecule has 0 heterocycles. The molecule has 8 nitrogen and oxygen atoms in total. The highest BCUT2D eigenvalue weighted by Gasteiger charge is 2.27. The molecule has 114 valence electrons. The number of benzene rings is 1. The predicted molar refractivity (Wildman–Crippen MR) is 74.6 cm³/mol. The smallest absolute Gasteiger partial charge is 0.475 e. The molecule has 0 aliphatic heterocycles. The molecule has 1 rings (SSSR count). The van der Waals surface area contributed by atoms with Gasteiger partial charge in [0.2, 0.25) is 5.91 Å². The van der Waals surface area contributed by atoms with Gasteiger partial charge in [-0.15, -0.1) is 0 Å². The van der Waals surface area contributed by atoms with Crippen LogP contribution in [-0.2, 0) is 11.2 Å². The lowest BCUT2D eigenvalue weighted by Gasteiger charge is -2.18. The van der Waals surface area contributed by atoms with Gasteiger partial charge >= 0.3 is 13.1 Å². The highest BCUT2D eigenvalue weighted by atomic mass is 16.4. The van der Waals surface area contributed by atoms with Gasteiger partial charge in [-0.3, -0.25) is 4.79 Å². The summed E-state index contributed by atoms with van der Waals surface area (Å²) in [7, 11) is -1.86. The molecule has 1 aromatic carbocycles. The first-order chi connectivity index (χ1) is 9.86. The Bertz CT molecular complexity index is 522. The van der Waals surface area contributed by atoms with E-state index >= 15 is 0 Å². The fourth-order valence-electron chi connectivity index (χ4n) is 1.81. The Hall–Kier alpha value is -2.10. The van der Waals surface area contributed by atoms with Crippen LogP contribution in [0.15, 0.2) is 18.2 Å². The van der Waals surface area contributed by atoms with Crippen molar-refractivity contribution in [3.63, 3.8) is 0 Å². The highest BCUT2D eigenvalue weighted by molar-refractivity contribution is 6.43. The number of amides is 1. The zero-order valence-corrected chi connectivity index (χ0v) is 11.2. The van der Waals surface area contributed by atoms with Crippen LogP contribution in [0.2, 0.25) is 0 Å². The maximum atomic E-state index is 11.4. The Morgan fingerprint density at radius 3 is 2.52 bits per heavy atom. The third-order valence-corrected chi connectivity index (χ3v) is 2.87. The van der Waals surface area contributed by atoms with Gasteiger partial charge in [-0.1, -0.05) is 12.1 Å². The first-order valence-corrected chi connectivity index (χ1v) is 6.26. The number of carboxylic acid groups (broad SMARTS) is 1. The summed E-state index contributed by atoms with van der Waals surface area (Å²) in [5.74, 6) is -3.32. The molecule has 0 aliphatic rings. The number of nitrogens with one attached hydrogen (secondary N) is 1. The lowest BCUT2D eigenvalue weighted by molar-refractivity contribution is -0.121. The largest absolute Gasteiger partial charge is 0.507 e. The monoisotopic (exact) mass is 296 g/mol. The molecule has 1 atom stereocenters. The molecule has 0 saturated heterocycles. The van der Waals surface area contributed by atoms with Crippen molar-refractivity contribution >= 4 is 19.0 Å². The van der Waals surface area contributed by atoms with Crippen molar-refractivity contribution in [2.75, 3.05) is 6.54 Å². The van der Waals surface area contributed by atoms with Gasteiger partial charge in [-0.05, 0) is 18.1 Å². The van der Waals surface area contributed by atoms with Gasteiger partial charge in [0.1, 0.15) is 11.3 Å². The fourth-order valence-corrected chi connectivity index (χ4v) is 1.81. The predicted octanol–water partition coefficient (Wildman–Crippen LogP) is -1.52. The van der Waals surface area contributed by atoms with E-state index < -0.39 is 30.7 Å². The summed E-state index contributed by atoms with van der Waals surface area (Å²) in [4.78, 5) is 22.4. The van der Waals surface area contributed by atoms with Gasteiger partial charge in [0.25, 0.3) is 0 Å². The van der Waals surface area contributed by atoms with Crippen molar-refractivity contribution in [2.45, 2.75) is 18.8 Å². The second kappa shape index (κ2) is 7.62. The molecule has 0 spiro atoms. The van der Waals surface area contributed by atoms with Crippen LogP contribution in [0.1, 0.15) is 22.3 Å². The summed E-state index contributed by atoms with van der Waals surface area (Å²) in [6, 6.07) is 4.08. The molecule has 0 aromatic heterocycles. The number of para-hydroxylation sites is 1. The van der Waals surface area contributed by atoms with E-state index in [1.807, 2.05) is 0 Å². The molecule has 0 unspecified atom stereocenters. The van der Waals surface area contributed by atoms with E-state index in [0.717, 1.165) is 0 Å². The van der Waals surface area contributed by atoms with Gasteiger partial charge in [0, 0.05) is 13.0 Å². The van der Waals surface area contributed by atoms with Crippen LogP contribution in [0.3, 0.4) is 0 Å². The third-order valence-electron chi connectivity index (χ3n) is 2.87. The Morgan fingerprint density at radius 1 is 1.33 bits per heavy atom. The van der Waals surface area contributed by atoms with Crippen LogP contribution in [0.25, 0.3) is 0 Å². The lowest BCUT2D eigenvalue weighted by atomic mass is 9.75. The average Bonchev–Trinajstić information content (AvgIpc) is 2.39. The number of nitrogens with two attached hydrogens (primary N) is 1. The summed E-state index contributed by atoms with van der Waals surface area (Å²) >= 11 is 0. The SMILES string of the molecule is NCCC(=O)N[C@@H](Cc1cccc(C(=O)O)c1O)B(O)O. The normalized spacial score (nSPS) is 11.8. The van der Waals surface area contributed by atoms with Crippen LogP contribution in [0, 0.1) is 0 Å². The molecule has 0 bridgehead atoms. The van der Waals surface area contributed by atoms with Crippen LogP contribution < -0.4 is 11.1 Å². The molecule has 1 aromatic rings. The first-order valence-electron chi connectivity index (χ1n) is 6.26. The van der Waals surface area contributed by atoms with Crippen LogP contribution in [0.4, 0.5) is 0 Å². The zero-order chi connectivity index (χ0) is 16.0. The second-order valence-electron chi connectivity index (χ2n) is 4.45.